The molecular weight excluding hydrogens is 326 g/mol. The minimum atomic E-state index is 0.200. The predicted molar refractivity (Wildman–Crippen MR) is 103 cm³/mol. The standard InChI is InChI=1S/C19H25N7/c1-12-14-9-13(5-6-15(14)24-23-12)18-22-17(10-21-25-18)26-8-7-20-16(11-26)19(2,3)4/h5-6,9-10,16,20H,7-8,11H2,1-4H3,(H,23,24)/t16-/m1/s1. The second-order valence-corrected chi connectivity index (χ2v) is 8.03. The first-order chi connectivity index (χ1) is 12.4. The Morgan fingerprint density at radius 1 is 1.23 bits per heavy atom. The maximum atomic E-state index is 4.80. The quantitative estimate of drug-likeness (QED) is 0.738. The number of rotatable bonds is 2. The Labute approximate surface area is 153 Å². The molecule has 0 bridgehead atoms. The van der Waals surface area contributed by atoms with E-state index in [1.807, 2.05) is 19.1 Å². The number of aromatic nitrogens is 5. The molecule has 136 valence electrons. The topological polar surface area (TPSA) is 82.6 Å². The van der Waals surface area contributed by atoms with Gasteiger partial charge in [0.05, 0.1) is 17.4 Å². The van der Waals surface area contributed by atoms with Gasteiger partial charge in [-0.1, -0.05) is 20.8 Å². The van der Waals surface area contributed by atoms with E-state index in [0.717, 1.165) is 47.6 Å². The summed E-state index contributed by atoms with van der Waals surface area (Å²) in [5.41, 5.74) is 3.15. The van der Waals surface area contributed by atoms with Crippen LogP contribution in [-0.2, 0) is 0 Å². The first-order valence-corrected chi connectivity index (χ1v) is 9.05. The largest absolute Gasteiger partial charge is 0.352 e. The molecule has 3 aromatic rings. The van der Waals surface area contributed by atoms with Crippen molar-refractivity contribution in [3.63, 3.8) is 0 Å². The molecular formula is C19H25N7. The number of aromatic amines is 1. The molecule has 1 fully saturated rings. The van der Waals surface area contributed by atoms with Crippen molar-refractivity contribution in [1.82, 2.24) is 30.7 Å². The number of nitrogens with zero attached hydrogens (tertiary/aromatic N) is 5. The lowest BCUT2D eigenvalue weighted by Crippen LogP contribution is -2.56. The van der Waals surface area contributed by atoms with E-state index in [1.54, 1.807) is 6.20 Å². The summed E-state index contributed by atoms with van der Waals surface area (Å²) in [6.07, 6.45) is 1.76. The smallest absolute Gasteiger partial charge is 0.183 e. The van der Waals surface area contributed by atoms with Crippen molar-refractivity contribution < 1.29 is 0 Å². The molecule has 1 atom stereocenters. The molecule has 0 saturated carbocycles. The van der Waals surface area contributed by atoms with Crippen LogP contribution in [-0.4, -0.2) is 51.1 Å². The number of H-pyrrole nitrogens is 1. The minimum absolute atomic E-state index is 0.200. The average Bonchev–Trinajstić information content (AvgIpc) is 3.02. The molecule has 7 nitrogen and oxygen atoms in total. The van der Waals surface area contributed by atoms with Crippen molar-refractivity contribution >= 4 is 16.7 Å². The summed E-state index contributed by atoms with van der Waals surface area (Å²) >= 11 is 0. The zero-order chi connectivity index (χ0) is 18.3. The Morgan fingerprint density at radius 3 is 2.88 bits per heavy atom. The summed E-state index contributed by atoms with van der Waals surface area (Å²) in [6.45, 7) is 11.6. The van der Waals surface area contributed by atoms with Crippen molar-refractivity contribution in [3.05, 3.63) is 30.1 Å². The fraction of sp³-hybridized carbons (Fsp3) is 0.474. The summed E-state index contributed by atoms with van der Waals surface area (Å²) in [5, 5.41) is 20.5. The van der Waals surface area contributed by atoms with Crippen molar-refractivity contribution in [3.8, 4) is 11.4 Å². The van der Waals surface area contributed by atoms with Crippen LogP contribution in [0.1, 0.15) is 26.5 Å². The van der Waals surface area contributed by atoms with Gasteiger partial charge in [0, 0.05) is 36.6 Å². The third-order valence-corrected chi connectivity index (χ3v) is 5.10. The van der Waals surface area contributed by atoms with Gasteiger partial charge in [-0.05, 0) is 30.5 Å². The van der Waals surface area contributed by atoms with Crippen LogP contribution >= 0.6 is 0 Å². The van der Waals surface area contributed by atoms with E-state index in [-0.39, 0.29) is 5.41 Å². The van der Waals surface area contributed by atoms with Gasteiger partial charge in [-0.2, -0.15) is 10.2 Å². The van der Waals surface area contributed by atoms with Gasteiger partial charge >= 0.3 is 0 Å². The second-order valence-electron chi connectivity index (χ2n) is 8.03. The fourth-order valence-electron chi connectivity index (χ4n) is 3.39. The van der Waals surface area contributed by atoms with E-state index in [9.17, 15) is 0 Å². The van der Waals surface area contributed by atoms with Crippen molar-refractivity contribution in [2.45, 2.75) is 33.7 Å². The summed E-state index contributed by atoms with van der Waals surface area (Å²) < 4.78 is 0. The molecule has 0 aliphatic carbocycles. The lowest BCUT2D eigenvalue weighted by atomic mass is 9.85. The normalized spacial score (nSPS) is 18.5. The number of benzene rings is 1. The van der Waals surface area contributed by atoms with Gasteiger partial charge < -0.3 is 10.2 Å². The van der Waals surface area contributed by atoms with Crippen LogP contribution in [0.4, 0.5) is 5.82 Å². The van der Waals surface area contributed by atoms with Gasteiger partial charge in [0.1, 0.15) is 0 Å². The van der Waals surface area contributed by atoms with Crippen LogP contribution in [0.25, 0.3) is 22.3 Å². The molecule has 0 amide bonds. The summed E-state index contributed by atoms with van der Waals surface area (Å²) in [5.74, 6) is 1.53. The highest BCUT2D eigenvalue weighted by molar-refractivity contribution is 5.85. The molecule has 0 spiro atoms. The Kier molecular flexibility index (Phi) is 4.11. The maximum absolute atomic E-state index is 4.80. The molecule has 0 unspecified atom stereocenters. The van der Waals surface area contributed by atoms with Gasteiger partial charge in [0.2, 0.25) is 0 Å². The number of hydrogen-bond acceptors (Lipinski definition) is 6. The van der Waals surface area contributed by atoms with Crippen LogP contribution < -0.4 is 10.2 Å². The molecule has 2 aromatic heterocycles. The molecule has 3 heterocycles. The van der Waals surface area contributed by atoms with Gasteiger partial charge in [-0.15, -0.1) is 5.10 Å². The molecule has 26 heavy (non-hydrogen) atoms. The van der Waals surface area contributed by atoms with Gasteiger partial charge in [-0.25, -0.2) is 4.98 Å². The number of nitrogens with one attached hydrogen (secondary N) is 2. The fourth-order valence-corrected chi connectivity index (χ4v) is 3.39. The van der Waals surface area contributed by atoms with Crippen LogP contribution in [0.5, 0.6) is 0 Å². The van der Waals surface area contributed by atoms with Gasteiger partial charge in [0.25, 0.3) is 0 Å². The number of anilines is 1. The van der Waals surface area contributed by atoms with Gasteiger partial charge in [-0.3, -0.25) is 5.10 Å². The Morgan fingerprint density at radius 2 is 2.08 bits per heavy atom. The summed E-state index contributed by atoms with van der Waals surface area (Å²) in [7, 11) is 0. The number of hydrogen-bond donors (Lipinski definition) is 2. The second kappa shape index (κ2) is 6.32. The number of piperazine rings is 1. The number of fused-ring (bicyclic) bond motifs is 1. The van der Waals surface area contributed by atoms with E-state index in [0.29, 0.717) is 11.9 Å². The highest BCUT2D eigenvalue weighted by Crippen LogP contribution is 2.26. The minimum Gasteiger partial charge on any atom is -0.352 e. The number of aryl methyl sites for hydroxylation is 1. The molecule has 4 rings (SSSR count). The van der Waals surface area contributed by atoms with Crippen molar-refractivity contribution in [2.75, 3.05) is 24.5 Å². The SMILES string of the molecule is Cc1n[nH]c2ccc(-c3nncc(N4CCN[C@@H](C(C)(C)C)C4)n3)cc12. The molecule has 1 saturated heterocycles. The van der Waals surface area contributed by atoms with E-state index < -0.39 is 0 Å². The maximum Gasteiger partial charge on any atom is 0.183 e. The Bertz CT molecular complexity index is 925. The van der Waals surface area contributed by atoms with Crippen LogP contribution in [0, 0.1) is 12.3 Å². The highest BCUT2D eigenvalue weighted by atomic mass is 15.3. The Hall–Kier alpha value is -2.54. The van der Waals surface area contributed by atoms with Crippen molar-refractivity contribution in [1.29, 1.82) is 0 Å². The predicted octanol–water partition coefficient (Wildman–Crippen LogP) is 2.55. The van der Waals surface area contributed by atoms with Crippen LogP contribution in [0.2, 0.25) is 0 Å². The van der Waals surface area contributed by atoms with E-state index in [1.165, 1.54) is 0 Å². The zero-order valence-electron chi connectivity index (χ0n) is 15.7. The van der Waals surface area contributed by atoms with Gasteiger partial charge in [0.15, 0.2) is 11.6 Å². The summed E-state index contributed by atoms with van der Waals surface area (Å²) in [6, 6.07) is 6.52. The first kappa shape index (κ1) is 16.9. The van der Waals surface area contributed by atoms with Crippen LogP contribution in [0.3, 0.4) is 0 Å². The monoisotopic (exact) mass is 351 g/mol. The van der Waals surface area contributed by atoms with E-state index in [2.05, 4.69) is 57.4 Å². The molecule has 0 radical (unpaired) electrons. The van der Waals surface area contributed by atoms with Crippen LogP contribution in [0.15, 0.2) is 24.4 Å². The van der Waals surface area contributed by atoms with E-state index >= 15 is 0 Å². The molecule has 1 aliphatic rings. The lowest BCUT2D eigenvalue weighted by molar-refractivity contribution is 0.253. The molecule has 1 aromatic carbocycles. The highest BCUT2D eigenvalue weighted by Gasteiger charge is 2.30. The zero-order valence-corrected chi connectivity index (χ0v) is 15.7. The molecule has 1 aliphatic heterocycles. The third-order valence-electron chi connectivity index (χ3n) is 5.10. The Balaban J connectivity index is 1.64. The third kappa shape index (κ3) is 3.14. The lowest BCUT2D eigenvalue weighted by Gasteiger charge is -2.40. The van der Waals surface area contributed by atoms with Crippen molar-refractivity contribution in [2.24, 2.45) is 5.41 Å². The summed E-state index contributed by atoms with van der Waals surface area (Å²) in [4.78, 5) is 7.10. The molecule has 7 heteroatoms. The van der Waals surface area contributed by atoms with E-state index in [4.69, 9.17) is 4.98 Å². The molecule has 2 N–H and O–H groups in total. The first-order valence-electron chi connectivity index (χ1n) is 9.05. The average molecular weight is 351 g/mol.